The molecule has 1 fully saturated rings. The Morgan fingerprint density at radius 3 is 2.53 bits per heavy atom. The Kier molecular flexibility index (Phi) is 10.9. The number of carbonyl (C=O) groups excluding carboxylic acids is 1. The first kappa shape index (κ1) is 26.5. The fourth-order valence-electron chi connectivity index (χ4n) is 3.10. The van der Waals surface area contributed by atoms with Crippen molar-refractivity contribution in [2.24, 2.45) is 4.99 Å². The number of nitrogens with zero attached hydrogens (tertiary/aromatic N) is 2. The van der Waals surface area contributed by atoms with Crippen LogP contribution < -0.4 is 16.0 Å². The summed E-state index contributed by atoms with van der Waals surface area (Å²) in [6.45, 7) is 4.33. The molecule has 0 radical (unpaired) electrons. The third kappa shape index (κ3) is 9.07. The van der Waals surface area contributed by atoms with Gasteiger partial charge in [0.05, 0.1) is 6.54 Å². The maximum atomic E-state index is 12.5. The summed E-state index contributed by atoms with van der Waals surface area (Å²) in [7, 11) is 1.63. The van der Waals surface area contributed by atoms with E-state index >= 15 is 0 Å². The Morgan fingerprint density at radius 2 is 1.97 bits per heavy atom. The van der Waals surface area contributed by atoms with Gasteiger partial charge in [-0.2, -0.15) is 13.2 Å². The summed E-state index contributed by atoms with van der Waals surface area (Å²) in [5, 5.41) is 9.26. The third-order valence-corrected chi connectivity index (χ3v) is 4.91. The quantitative estimate of drug-likeness (QED) is 0.282. The predicted octanol–water partition coefficient (Wildman–Crippen LogP) is 3.13. The average molecular weight is 541 g/mol. The summed E-state index contributed by atoms with van der Waals surface area (Å²) < 4.78 is 37.5. The highest BCUT2D eigenvalue weighted by molar-refractivity contribution is 14.0. The third-order valence-electron chi connectivity index (χ3n) is 4.91. The van der Waals surface area contributed by atoms with E-state index in [2.05, 4.69) is 20.9 Å². The van der Waals surface area contributed by atoms with E-state index in [0.717, 1.165) is 12.0 Å². The van der Waals surface area contributed by atoms with Crippen molar-refractivity contribution in [2.45, 2.75) is 51.5 Å². The van der Waals surface area contributed by atoms with Crippen molar-refractivity contribution >= 4 is 35.8 Å². The maximum Gasteiger partial charge on any atom is 0.401 e. The van der Waals surface area contributed by atoms with Gasteiger partial charge >= 0.3 is 6.18 Å². The predicted molar refractivity (Wildman–Crippen MR) is 123 cm³/mol. The molecule has 170 valence electrons. The second kappa shape index (κ2) is 12.3. The number of rotatable bonds is 7. The van der Waals surface area contributed by atoms with E-state index in [4.69, 9.17) is 0 Å². The normalized spacial score (nSPS) is 18.5. The fraction of sp³-hybridized carbons (Fsp3) is 0.600. The smallest absolute Gasteiger partial charge is 0.352 e. The summed E-state index contributed by atoms with van der Waals surface area (Å²) in [4.78, 5) is 17.7. The van der Waals surface area contributed by atoms with E-state index < -0.39 is 12.7 Å². The number of hydrogen-bond acceptors (Lipinski definition) is 3. The lowest BCUT2D eigenvalue weighted by atomic mass is 10.1. The van der Waals surface area contributed by atoms with Crippen LogP contribution in [0.5, 0.6) is 0 Å². The van der Waals surface area contributed by atoms with Gasteiger partial charge in [-0.25, -0.2) is 0 Å². The molecule has 0 aliphatic carbocycles. The second-order valence-electron chi connectivity index (χ2n) is 7.39. The molecule has 1 aromatic carbocycles. The number of likely N-dealkylation sites (tertiary alicyclic amines) is 1. The lowest BCUT2D eigenvalue weighted by Crippen LogP contribution is -2.44. The number of alkyl halides is 3. The largest absolute Gasteiger partial charge is 0.401 e. The van der Waals surface area contributed by atoms with E-state index in [1.54, 1.807) is 19.2 Å². The van der Waals surface area contributed by atoms with Crippen molar-refractivity contribution in [2.75, 3.05) is 26.7 Å². The van der Waals surface area contributed by atoms with Gasteiger partial charge in [0.1, 0.15) is 0 Å². The average Bonchev–Trinajstić information content (AvgIpc) is 3.10. The van der Waals surface area contributed by atoms with Crippen LogP contribution in [-0.2, 0) is 6.54 Å². The molecule has 0 saturated carbocycles. The van der Waals surface area contributed by atoms with Gasteiger partial charge in [0.25, 0.3) is 5.91 Å². The van der Waals surface area contributed by atoms with Crippen molar-refractivity contribution in [3.63, 3.8) is 0 Å². The number of benzene rings is 1. The van der Waals surface area contributed by atoms with E-state index in [-0.39, 0.29) is 42.0 Å². The van der Waals surface area contributed by atoms with E-state index in [9.17, 15) is 18.0 Å². The molecule has 0 spiro atoms. The SMILES string of the molecule is CCC(C)NC(=O)c1ccc(CNC(=NC)NC2CCN(CC(F)(F)F)C2)cc1.I. The molecule has 1 aromatic rings. The number of guanidine groups is 1. The summed E-state index contributed by atoms with van der Waals surface area (Å²) in [5.41, 5.74) is 1.57. The van der Waals surface area contributed by atoms with Crippen LogP contribution in [0.2, 0.25) is 0 Å². The van der Waals surface area contributed by atoms with Gasteiger partial charge < -0.3 is 16.0 Å². The number of nitrogens with one attached hydrogen (secondary N) is 3. The first-order valence-electron chi connectivity index (χ1n) is 9.86. The van der Waals surface area contributed by atoms with E-state index in [0.29, 0.717) is 37.6 Å². The first-order chi connectivity index (χ1) is 13.7. The zero-order valence-electron chi connectivity index (χ0n) is 17.6. The van der Waals surface area contributed by atoms with Gasteiger partial charge in [-0.3, -0.25) is 14.7 Å². The summed E-state index contributed by atoms with van der Waals surface area (Å²) in [6.07, 6.45) is -2.67. The molecule has 2 atom stereocenters. The first-order valence-corrected chi connectivity index (χ1v) is 9.86. The van der Waals surface area contributed by atoms with Gasteiger partial charge in [-0.1, -0.05) is 19.1 Å². The molecule has 6 nitrogen and oxygen atoms in total. The van der Waals surface area contributed by atoms with Gasteiger partial charge in [0, 0.05) is 44.3 Å². The topological polar surface area (TPSA) is 68.8 Å². The van der Waals surface area contributed by atoms with Crippen molar-refractivity contribution in [1.29, 1.82) is 0 Å². The highest BCUT2D eigenvalue weighted by Gasteiger charge is 2.34. The molecular formula is C20H31F3IN5O. The molecule has 1 heterocycles. The van der Waals surface area contributed by atoms with Crippen molar-refractivity contribution in [3.8, 4) is 0 Å². The van der Waals surface area contributed by atoms with Crippen LogP contribution in [0.15, 0.2) is 29.3 Å². The summed E-state index contributed by atoms with van der Waals surface area (Å²) in [6, 6.07) is 7.34. The Bertz CT molecular complexity index is 697. The molecule has 2 rings (SSSR count). The monoisotopic (exact) mass is 541 g/mol. The highest BCUT2D eigenvalue weighted by atomic mass is 127. The van der Waals surface area contributed by atoms with Gasteiger partial charge in [-0.05, 0) is 37.5 Å². The van der Waals surface area contributed by atoms with Crippen LogP contribution in [0.25, 0.3) is 0 Å². The summed E-state index contributed by atoms with van der Waals surface area (Å²) in [5.74, 6) is 0.448. The summed E-state index contributed by atoms with van der Waals surface area (Å²) >= 11 is 0. The maximum absolute atomic E-state index is 12.5. The standard InChI is InChI=1S/C20H30F3N5O.HI/c1-4-14(2)26-18(29)16-7-5-15(6-8-16)11-25-19(24-3)27-17-9-10-28(12-17)13-20(21,22)23;/h5-8,14,17H,4,9-13H2,1-3H3,(H,26,29)(H2,24,25,27);1H. The molecular weight excluding hydrogens is 510 g/mol. The van der Waals surface area contributed by atoms with Crippen molar-refractivity contribution in [3.05, 3.63) is 35.4 Å². The van der Waals surface area contributed by atoms with Crippen LogP contribution in [0.1, 0.15) is 42.6 Å². The van der Waals surface area contributed by atoms with Gasteiger partial charge in [0.2, 0.25) is 0 Å². The Hall–Kier alpha value is -1.56. The van der Waals surface area contributed by atoms with Crippen LogP contribution in [0.3, 0.4) is 0 Å². The number of hydrogen-bond donors (Lipinski definition) is 3. The molecule has 1 aliphatic rings. The number of amides is 1. The van der Waals surface area contributed by atoms with Crippen LogP contribution in [-0.4, -0.2) is 61.7 Å². The molecule has 1 aliphatic heterocycles. The zero-order chi connectivity index (χ0) is 21.4. The lowest BCUT2D eigenvalue weighted by molar-refractivity contribution is -0.143. The molecule has 0 aromatic heterocycles. The molecule has 30 heavy (non-hydrogen) atoms. The Morgan fingerprint density at radius 1 is 1.30 bits per heavy atom. The minimum absolute atomic E-state index is 0. The van der Waals surface area contributed by atoms with Gasteiger partial charge in [0.15, 0.2) is 5.96 Å². The highest BCUT2D eigenvalue weighted by Crippen LogP contribution is 2.19. The molecule has 10 heteroatoms. The van der Waals surface area contributed by atoms with Gasteiger partial charge in [-0.15, -0.1) is 24.0 Å². The number of carbonyl (C=O) groups is 1. The van der Waals surface area contributed by atoms with Crippen molar-refractivity contribution in [1.82, 2.24) is 20.9 Å². The second-order valence-corrected chi connectivity index (χ2v) is 7.39. The molecule has 1 saturated heterocycles. The zero-order valence-corrected chi connectivity index (χ0v) is 19.9. The fourth-order valence-corrected chi connectivity index (χ4v) is 3.10. The molecule has 1 amide bonds. The number of halogens is 4. The van der Waals surface area contributed by atoms with E-state index in [1.807, 2.05) is 26.0 Å². The molecule has 3 N–H and O–H groups in total. The molecule has 2 unspecified atom stereocenters. The van der Waals surface area contributed by atoms with Crippen LogP contribution >= 0.6 is 24.0 Å². The minimum Gasteiger partial charge on any atom is -0.352 e. The van der Waals surface area contributed by atoms with Crippen LogP contribution in [0.4, 0.5) is 13.2 Å². The minimum atomic E-state index is -4.17. The van der Waals surface area contributed by atoms with Crippen LogP contribution in [0, 0.1) is 0 Å². The Balaban J connectivity index is 0.00000450. The van der Waals surface area contributed by atoms with E-state index in [1.165, 1.54) is 4.90 Å². The Labute approximate surface area is 193 Å². The number of aliphatic imine (C=N–C) groups is 1. The van der Waals surface area contributed by atoms with Crippen molar-refractivity contribution < 1.29 is 18.0 Å². The molecule has 0 bridgehead atoms. The lowest BCUT2D eigenvalue weighted by Gasteiger charge is -2.20.